The van der Waals surface area contributed by atoms with Crippen LogP contribution in [0.4, 0.5) is 22.0 Å². The molecule has 0 bridgehead atoms. The number of aliphatic hydroxyl groups excluding tert-OH is 2. The van der Waals surface area contributed by atoms with E-state index in [-0.39, 0.29) is 16.8 Å². The molecule has 0 saturated heterocycles. The lowest BCUT2D eigenvalue weighted by Crippen LogP contribution is -2.26. The number of aliphatic hydroxyl groups is 2. The maximum atomic E-state index is 14.4. The van der Waals surface area contributed by atoms with Crippen molar-refractivity contribution < 1.29 is 32.2 Å². The van der Waals surface area contributed by atoms with Crippen LogP contribution in [0.2, 0.25) is 0 Å². The molecule has 154 valence electrons. The lowest BCUT2D eigenvalue weighted by Gasteiger charge is -2.19. The van der Waals surface area contributed by atoms with Crippen molar-refractivity contribution in [2.24, 2.45) is 0 Å². The Bertz CT molecular complexity index is 919. The molecule has 3 aromatic rings. The molecule has 2 heterocycles. The van der Waals surface area contributed by atoms with Gasteiger partial charge < -0.3 is 10.2 Å². The predicted octanol–water partition coefficient (Wildman–Crippen LogP) is 2.71. The summed E-state index contributed by atoms with van der Waals surface area (Å²) < 4.78 is 66.8. The average molecular weight is 415 g/mol. The van der Waals surface area contributed by atoms with Gasteiger partial charge in [0.2, 0.25) is 6.30 Å². The van der Waals surface area contributed by atoms with Gasteiger partial charge >= 0.3 is 6.18 Å². The van der Waals surface area contributed by atoms with Crippen LogP contribution >= 0.6 is 0 Å². The van der Waals surface area contributed by atoms with Gasteiger partial charge in [-0.25, -0.2) is 8.78 Å². The van der Waals surface area contributed by atoms with Gasteiger partial charge in [0.1, 0.15) is 18.5 Å². The minimum atomic E-state index is -4.50. The normalized spacial score (nSPS) is 16.2. The number of halogens is 5. The van der Waals surface area contributed by atoms with Crippen molar-refractivity contribution >= 4 is 0 Å². The van der Waals surface area contributed by atoms with Gasteiger partial charge in [-0.3, -0.25) is 4.98 Å². The van der Waals surface area contributed by atoms with Crippen molar-refractivity contribution in [3.05, 3.63) is 71.3 Å². The second kappa shape index (κ2) is 8.17. The maximum absolute atomic E-state index is 14.4. The summed E-state index contributed by atoms with van der Waals surface area (Å²) in [5.74, 6) is 0. The van der Waals surface area contributed by atoms with E-state index in [1.165, 1.54) is 6.07 Å². The summed E-state index contributed by atoms with van der Waals surface area (Å²) in [6.07, 6.45) is -10.5. The van der Waals surface area contributed by atoms with E-state index in [1.54, 1.807) is 0 Å². The largest absolute Gasteiger partial charge is 0.416 e. The number of aromatic nitrogens is 5. The fraction of sp³-hybridized carbons (Fsp3) is 0.294. The summed E-state index contributed by atoms with van der Waals surface area (Å²) in [5.41, 5.74) is -0.824. The average Bonchev–Trinajstić information content (AvgIpc) is 3.26. The van der Waals surface area contributed by atoms with E-state index in [0.717, 1.165) is 42.9 Å². The summed E-state index contributed by atoms with van der Waals surface area (Å²) in [7, 11) is 0. The summed E-state index contributed by atoms with van der Waals surface area (Å²) >= 11 is 0. The maximum Gasteiger partial charge on any atom is 0.416 e. The van der Waals surface area contributed by atoms with Gasteiger partial charge in [-0.2, -0.15) is 17.9 Å². The number of tetrazole rings is 1. The molecule has 1 aromatic carbocycles. The van der Waals surface area contributed by atoms with Crippen molar-refractivity contribution in [3.8, 4) is 0 Å². The molecule has 0 radical (unpaired) electrons. The molecule has 0 saturated carbocycles. The molecule has 0 aliphatic rings. The highest BCUT2D eigenvalue weighted by atomic mass is 19.4. The van der Waals surface area contributed by atoms with Gasteiger partial charge in [-0.15, -0.1) is 5.10 Å². The molecular formula is C17H14F5N5O2. The zero-order chi connectivity index (χ0) is 21.2. The zero-order valence-electron chi connectivity index (χ0n) is 14.4. The predicted molar refractivity (Wildman–Crippen MR) is 87.6 cm³/mol. The van der Waals surface area contributed by atoms with E-state index < -0.39 is 36.4 Å². The van der Waals surface area contributed by atoms with Crippen molar-refractivity contribution in [1.82, 2.24) is 25.2 Å². The number of benzene rings is 1. The molecule has 4 atom stereocenters. The molecule has 0 aliphatic carbocycles. The van der Waals surface area contributed by atoms with Gasteiger partial charge in [0.25, 0.3) is 0 Å². The lowest BCUT2D eigenvalue weighted by atomic mass is 10.0. The molecule has 0 fully saturated rings. The molecule has 2 N–H and O–H groups in total. The SMILES string of the molecule is OC(c1ccc(C(F)(F)F)cc1)c1ccc(C(F)C(O)C(F)n2cnnn2)nc1. The smallest absolute Gasteiger partial charge is 0.385 e. The first-order valence-electron chi connectivity index (χ1n) is 8.18. The highest BCUT2D eigenvalue weighted by Gasteiger charge is 2.32. The van der Waals surface area contributed by atoms with Crippen molar-refractivity contribution in [1.29, 1.82) is 0 Å². The van der Waals surface area contributed by atoms with Crippen LogP contribution in [0.25, 0.3) is 0 Å². The fourth-order valence-electron chi connectivity index (χ4n) is 2.54. The Morgan fingerprint density at radius 1 is 0.931 bits per heavy atom. The summed E-state index contributed by atoms with van der Waals surface area (Å²) in [4.78, 5) is 3.76. The van der Waals surface area contributed by atoms with Crippen molar-refractivity contribution in [2.45, 2.75) is 30.9 Å². The summed E-state index contributed by atoms with van der Waals surface area (Å²) in [6, 6.07) is 6.28. The topological polar surface area (TPSA) is 97.0 Å². The first-order chi connectivity index (χ1) is 13.7. The Hall–Kier alpha value is -2.99. The quantitative estimate of drug-likeness (QED) is 0.601. The minimum Gasteiger partial charge on any atom is -0.385 e. The second-order valence-electron chi connectivity index (χ2n) is 6.09. The Balaban J connectivity index is 1.72. The molecule has 7 nitrogen and oxygen atoms in total. The Labute approximate surface area is 160 Å². The van der Waals surface area contributed by atoms with E-state index in [4.69, 9.17) is 0 Å². The van der Waals surface area contributed by atoms with Crippen molar-refractivity contribution in [3.63, 3.8) is 0 Å². The number of hydrogen-bond acceptors (Lipinski definition) is 6. The number of hydrogen-bond donors (Lipinski definition) is 2. The molecule has 4 unspecified atom stereocenters. The first kappa shape index (κ1) is 20.7. The monoisotopic (exact) mass is 415 g/mol. The van der Waals surface area contributed by atoms with E-state index in [9.17, 15) is 32.2 Å². The number of alkyl halides is 5. The van der Waals surface area contributed by atoms with Gasteiger partial charge in [0.15, 0.2) is 6.17 Å². The van der Waals surface area contributed by atoms with Crippen LogP contribution in [0.3, 0.4) is 0 Å². The summed E-state index contributed by atoms with van der Waals surface area (Å²) in [6.45, 7) is 0. The van der Waals surface area contributed by atoms with Crippen LogP contribution in [0.15, 0.2) is 48.9 Å². The Morgan fingerprint density at radius 2 is 1.59 bits per heavy atom. The molecular weight excluding hydrogens is 401 g/mol. The molecule has 0 spiro atoms. The van der Waals surface area contributed by atoms with Gasteiger partial charge in [0, 0.05) is 11.8 Å². The number of rotatable bonds is 6. The molecule has 2 aromatic heterocycles. The highest BCUT2D eigenvalue weighted by molar-refractivity contribution is 5.32. The van der Waals surface area contributed by atoms with Gasteiger partial charge in [-0.05, 0) is 34.2 Å². The molecule has 0 aliphatic heterocycles. The standard InChI is InChI=1S/C17H14F5N5O2/c18-13(15(29)16(19)27-8-24-25-26-27)12-6-3-10(7-23-12)14(28)9-1-4-11(5-2-9)17(20,21)22/h1-8,13-16,28-29H. The van der Waals surface area contributed by atoms with Gasteiger partial charge in [-0.1, -0.05) is 18.2 Å². The zero-order valence-corrected chi connectivity index (χ0v) is 14.4. The Morgan fingerprint density at radius 3 is 2.10 bits per heavy atom. The number of nitrogens with zero attached hydrogens (tertiary/aromatic N) is 5. The van der Waals surface area contributed by atoms with Gasteiger partial charge in [0.05, 0.1) is 11.3 Å². The molecule has 0 amide bonds. The third-order valence-electron chi connectivity index (χ3n) is 4.16. The third-order valence-corrected chi connectivity index (χ3v) is 4.16. The van der Waals surface area contributed by atoms with Crippen LogP contribution in [0, 0.1) is 0 Å². The number of pyridine rings is 1. The van der Waals surface area contributed by atoms with Crippen LogP contribution < -0.4 is 0 Å². The van der Waals surface area contributed by atoms with Crippen molar-refractivity contribution in [2.75, 3.05) is 0 Å². The van der Waals surface area contributed by atoms with Crippen LogP contribution in [-0.2, 0) is 6.18 Å². The van der Waals surface area contributed by atoms with E-state index >= 15 is 0 Å². The molecule has 29 heavy (non-hydrogen) atoms. The van der Waals surface area contributed by atoms with Crippen LogP contribution in [0.1, 0.15) is 41.0 Å². The Kier molecular flexibility index (Phi) is 5.84. The first-order valence-corrected chi connectivity index (χ1v) is 8.18. The molecule has 3 rings (SSSR count). The van der Waals surface area contributed by atoms with E-state index in [1.807, 2.05) is 0 Å². The van der Waals surface area contributed by atoms with E-state index in [2.05, 4.69) is 20.5 Å². The molecule has 12 heteroatoms. The summed E-state index contributed by atoms with van der Waals surface area (Å²) in [5, 5.41) is 29.7. The minimum absolute atomic E-state index is 0.173. The van der Waals surface area contributed by atoms with Crippen LogP contribution in [-0.4, -0.2) is 41.5 Å². The fourth-order valence-corrected chi connectivity index (χ4v) is 2.54. The lowest BCUT2D eigenvalue weighted by molar-refractivity contribution is -0.137. The second-order valence-corrected chi connectivity index (χ2v) is 6.09. The van der Waals surface area contributed by atoms with E-state index in [0.29, 0.717) is 4.68 Å². The van der Waals surface area contributed by atoms with Crippen LogP contribution in [0.5, 0.6) is 0 Å². The third kappa shape index (κ3) is 4.54. The highest BCUT2D eigenvalue weighted by Crippen LogP contribution is 2.32.